The zero-order valence-electron chi connectivity index (χ0n) is 10.6. The number of hydrogen-bond donors (Lipinski definition) is 2. The molecule has 2 N–H and O–H groups in total. The van der Waals surface area contributed by atoms with Crippen LogP contribution in [0.15, 0.2) is 33.9 Å². The summed E-state index contributed by atoms with van der Waals surface area (Å²) >= 11 is 3.32. The number of nitrogens with zero attached hydrogens (tertiary/aromatic N) is 1. The van der Waals surface area contributed by atoms with Crippen LogP contribution in [0.2, 0.25) is 0 Å². The maximum Gasteiger partial charge on any atom is 0.278 e. The highest BCUT2D eigenvalue weighted by atomic mass is 79.9. The first-order chi connectivity index (χ1) is 8.92. The van der Waals surface area contributed by atoms with Gasteiger partial charge >= 0.3 is 0 Å². The number of nitrogens with one attached hydrogen (secondary N) is 2. The molecule has 0 aliphatic heterocycles. The van der Waals surface area contributed by atoms with Gasteiger partial charge in [0.2, 0.25) is 0 Å². The number of aryl methyl sites for hydroxylation is 2. The smallest absolute Gasteiger partial charge is 0.278 e. The van der Waals surface area contributed by atoms with Gasteiger partial charge in [-0.1, -0.05) is 28.9 Å². The van der Waals surface area contributed by atoms with Crippen LogP contribution in [-0.2, 0) is 16.4 Å². The summed E-state index contributed by atoms with van der Waals surface area (Å²) in [5.74, 6) is 0.645. The Kier molecular flexibility index (Phi) is 3.96. The summed E-state index contributed by atoms with van der Waals surface area (Å²) in [5.41, 5.74) is 1.39. The third-order valence-electron chi connectivity index (χ3n) is 2.67. The fraction of sp³-hybridized carbons (Fsp3) is 0.250. The second-order valence-corrected chi connectivity index (χ2v) is 6.68. The Balaban J connectivity index is 2.33. The third-order valence-corrected chi connectivity index (χ3v) is 4.44. The topological polar surface area (TPSA) is 74.8 Å². The Morgan fingerprint density at radius 2 is 2.16 bits per heavy atom. The van der Waals surface area contributed by atoms with E-state index in [1.807, 2.05) is 26.0 Å². The number of imidazole rings is 1. The fourth-order valence-electron chi connectivity index (χ4n) is 1.56. The van der Waals surface area contributed by atoms with Crippen LogP contribution in [0.3, 0.4) is 0 Å². The van der Waals surface area contributed by atoms with Crippen molar-refractivity contribution in [3.8, 4) is 0 Å². The van der Waals surface area contributed by atoms with Crippen molar-refractivity contribution in [2.45, 2.75) is 25.3 Å². The first-order valence-electron chi connectivity index (χ1n) is 5.75. The van der Waals surface area contributed by atoms with E-state index in [0.717, 1.165) is 10.0 Å². The molecule has 102 valence electrons. The molecule has 0 bridgehead atoms. The van der Waals surface area contributed by atoms with Crippen LogP contribution >= 0.6 is 15.9 Å². The minimum atomic E-state index is -3.63. The molecule has 19 heavy (non-hydrogen) atoms. The Morgan fingerprint density at radius 3 is 2.79 bits per heavy atom. The molecule has 1 aromatic heterocycles. The molecule has 0 unspecified atom stereocenters. The predicted molar refractivity (Wildman–Crippen MR) is 77.7 cm³/mol. The Bertz CT molecular complexity index is 695. The van der Waals surface area contributed by atoms with E-state index in [4.69, 9.17) is 0 Å². The first-order valence-corrected chi connectivity index (χ1v) is 8.03. The lowest BCUT2D eigenvalue weighted by atomic mass is 10.2. The average Bonchev–Trinajstić information content (AvgIpc) is 2.83. The van der Waals surface area contributed by atoms with Crippen molar-refractivity contribution in [2.24, 2.45) is 0 Å². The van der Waals surface area contributed by atoms with Gasteiger partial charge in [0.25, 0.3) is 10.0 Å². The maximum atomic E-state index is 12.2. The van der Waals surface area contributed by atoms with E-state index in [1.165, 1.54) is 6.20 Å². The van der Waals surface area contributed by atoms with E-state index in [1.54, 1.807) is 6.07 Å². The number of sulfonamides is 1. The lowest BCUT2D eigenvalue weighted by molar-refractivity contribution is 0.598. The van der Waals surface area contributed by atoms with Gasteiger partial charge in [-0.25, -0.2) is 4.98 Å². The van der Waals surface area contributed by atoms with Gasteiger partial charge in [-0.15, -0.1) is 0 Å². The quantitative estimate of drug-likeness (QED) is 0.896. The van der Waals surface area contributed by atoms with Crippen molar-refractivity contribution < 1.29 is 8.42 Å². The Morgan fingerprint density at radius 1 is 1.42 bits per heavy atom. The monoisotopic (exact) mass is 343 g/mol. The van der Waals surface area contributed by atoms with Crippen molar-refractivity contribution in [1.29, 1.82) is 0 Å². The SMILES string of the molecule is CCc1ncc(S(=O)(=O)Nc2cc(Br)ccc2C)[nH]1. The lowest BCUT2D eigenvalue weighted by Gasteiger charge is -2.09. The molecule has 7 heteroatoms. The first kappa shape index (κ1) is 14.1. The summed E-state index contributed by atoms with van der Waals surface area (Å²) in [5, 5.41) is 0.0729. The highest BCUT2D eigenvalue weighted by Crippen LogP contribution is 2.23. The number of aromatic nitrogens is 2. The molecule has 0 aliphatic rings. The van der Waals surface area contributed by atoms with Crippen LogP contribution in [0.5, 0.6) is 0 Å². The third kappa shape index (κ3) is 3.16. The molecule has 0 aliphatic carbocycles. The van der Waals surface area contributed by atoms with Crippen molar-refractivity contribution >= 4 is 31.6 Å². The molecule has 1 heterocycles. The molecular weight excluding hydrogens is 330 g/mol. The number of benzene rings is 1. The van der Waals surface area contributed by atoms with Gasteiger partial charge < -0.3 is 4.98 Å². The second kappa shape index (κ2) is 5.34. The largest absolute Gasteiger partial charge is 0.332 e. The fourth-order valence-corrected chi connectivity index (χ4v) is 2.99. The van der Waals surface area contributed by atoms with E-state index in [2.05, 4.69) is 30.6 Å². The molecule has 0 radical (unpaired) electrons. The molecule has 0 saturated carbocycles. The molecule has 2 rings (SSSR count). The van der Waals surface area contributed by atoms with Gasteiger partial charge in [0.05, 0.1) is 11.9 Å². The normalized spacial score (nSPS) is 11.5. The molecule has 0 atom stereocenters. The van der Waals surface area contributed by atoms with Gasteiger partial charge in [0.1, 0.15) is 5.82 Å². The van der Waals surface area contributed by atoms with Crippen molar-refractivity contribution in [2.75, 3.05) is 4.72 Å². The Hall–Kier alpha value is -1.34. The second-order valence-electron chi connectivity index (χ2n) is 4.11. The number of hydrogen-bond acceptors (Lipinski definition) is 3. The molecule has 0 amide bonds. The van der Waals surface area contributed by atoms with Gasteiger partial charge in [-0.2, -0.15) is 8.42 Å². The van der Waals surface area contributed by atoms with Crippen molar-refractivity contribution in [1.82, 2.24) is 9.97 Å². The summed E-state index contributed by atoms with van der Waals surface area (Å²) in [6, 6.07) is 5.43. The summed E-state index contributed by atoms with van der Waals surface area (Å²) in [6.07, 6.45) is 1.99. The number of aromatic amines is 1. The molecular formula is C12H14BrN3O2S. The van der Waals surface area contributed by atoms with E-state index < -0.39 is 10.0 Å². The van der Waals surface area contributed by atoms with Gasteiger partial charge in [-0.05, 0) is 24.6 Å². The van der Waals surface area contributed by atoms with E-state index in [9.17, 15) is 8.42 Å². The average molecular weight is 344 g/mol. The van der Waals surface area contributed by atoms with Crippen LogP contribution in [-0.4, -0.2) is 18.4 Å². The summed E-state index contributed by atoms with van der Waals surface area (Å²) in [7, 11) is -3.63. The Labute approximate surface area is 120 Å². The van der Waals surface area contributed by atoms with E-state index >= 15 is 0 Å². The van der Waals surface area contributed by atoms with Crippen LogP contribution in [0.1, 0.15) is 18.3 Å². The predicted octanol–water partition coefficient (Wildman–Crippen LogP) is 2.84. The zero-order valence-corrected chi connectivity index (χ0v) is 13.0. The number of H-pyrrole nitrogens is 1. The molecule has 2 aromatic rings. The number of rotatable bonds is 4. The lowest BCUT2D eigenvalue weighted by Crippen LogP contribution is -2.14. The molecule has 0 fully saturated rings. The van der Waals surface area contributed by atoms with Crippen molar-refractivity contribution in [3.05, 3.63) is 40.3 Å². The van der Waals surface area contributed by atoms with Crippen LogP contribution in [0.4, 0.5) is 5.69 Å². The summed E-state index contributed by atoms with van der Waals surface area (Å²) < 4.78 is 27.8. The molecule has 0 spiro atoms. The van der Waals surface area contributed by atoms with Crippen LogP contribution in [0.25, 0.3) is 0 Å². The van der Waals surface area contributed by atoms with Gasteiger partial charge in [0.15, 0.2) is 5.03 Å². The summed E-state index contributed by atoms with van der Waals surface area (Å²) in [6.45, 7) is 3.75. The van der Waals surface area contributed by atoms with E-state index in [-0.39, 0.29) is 5.03 Å². The number of halogens is 1. The maximum absolute atomic E-state index is 12.2. The van der Waals surface area contributed by atoms with Gasteiger partial charge in [0, 0.05) is 10.9 Å². The minimum Gasteiger partial charge on any atom is -0.332 e. The standard InChI is InChI=1S/C12H14BrN3O2S/c1-3-11-14-7-12(15-11)19(17,18)16-10-6-9(13)5-4-8(10)2/h4-7,16H,3H2,1-2H3,(H,14,15). The minimum absolute atomic E-state index is 0.0729. The van der Waals surface area contributed by atoms with Crippen LogP contribution < -0.4 is 4.72 Å². The van der Waals surface area contributed by atoms with Crippen molar-refractivity contribution in [3.63, 3.8) is 0 Å². The highest BCUT2D eigenvalue weighted by molar-refractivity contribution is 9.10. The highest BCUT2D eigenvalue weighted by Gasteiger charge is 2.18. The molecule has 5 nitrogen and oxygen atoms in total. The van der Waals surface area contributed by atoms with E-state index in [0.29, 0.717) is 17.9 Å². The number of anilines is 1. The van der Waals surface area contributed by atoms with Crippen LogP contribution in [0, 0.1) is 6.92 Å². The zero-order chi connectivity index (χ0) is 14.0. The van der Waals surface area contributed by atoms with Gasteiger partial charge in [-0.3, -0.25) is 4.72 Å². The summed E-state index contributed by atoms with van der Waals surface area (Å²) in [4.78, 5) is 6.78. The molecule has 1 aromatic carbocycles. The molecule has 0 saturated heterocycles.